The lowest BCUT2D eigenvalue weighted by molar-refractivity contribution is -0.123. The molecule has 0 saturated heterocycles. The molecular formula is C19H23Cl2N5O. The number of amides is 1. The maximum Gasteiger partial charge on any atom is 0.230 e. The molecule has 1 amide bonds. The average Bonchev–Trinajstić information content (AvgIpc) is 2.92. The molecule has 0 radical (unpaired) electrons. The van der Waals surface area contributed by atoms with Gasteiger partial charge in [0.05, 0.1) is 24.1 Å². The summed E-state index contributed by atoms with van der Waals surface area (Å²) in [5.41, 5.74) is 2.70. The lowest BCUT2D eigenvalue weighted by Gasteiger charge is -2.32. The van der Waals surface area contributed by atoms with E-state index in [0.717, 1.165) is 55.0 Å². The Labute approximate surface area is 168 Å². The SMILES string of the molecule is Cn1ncc2c1Nc1cc(Cl)ccc1N(C(=O)C1CCC(CNCl)CC1)C2. The molecule has 1 aliphatic carbocycles. The van der Waals surface area contributed by atoms with Crippen LogP contribution in [0, 0.1) is 11.8 Å². The van der Waals surface area contributed by atoms with Crippen LogP contribution in [0.3, 0.4) is 0 Å². The minimum Gasteiger partial charge on any atom is -0.338 e. The number of anilines is 3. The van der Waals surface area contributed by atoms with E-state index in [1.54, 1.807) is 4.68 Å². The number of benzene rings is 1. The summed E-state index contributed by atoms with van der Waals surface area (Å²) in [6.45, 7) is 1.31. The van der Waals surface area contributed by atoms with Crippen molar-refractivity contribution < 1.29 is 4.79 Å². The van der Waals surface area contributed by atoms with Crippen LogP contribution in [0.4, 0.5) is 17.2 Å². The first-order valence-corrected chi connectivity index (χ1v) is 10.0. The molecule has 0 spiro atoms. The molecule has 8 heteroatoms. The molecule has 1 aliphatic heterocycles. The highest BCUT2D eigenvalue weighted by Crippen LogP contribution is 2.39. The second kappa shape index (κ2) is 7.70. The van der Waals surface area contributed by atoms with Crippen LogP contribution in [0.2, 0.25) is 5.02 Å². The van der Waals surface area contributed by atoms with Gasteiger partial charge in [0.2, 0.25) is 5.91 Å². The van der Waals surface area contributed by atoms with E-state index in [1.165, 1.54) is 0 Å². The van der Waals surface area contributed by atoms with Gasteiger partial charge in [0.15, 0.2) is 0 Å². The van der Waals surface area contributed by atoms with Gasteiger partial charge >= 0.3 is 0 Å². The molecule has 0 atom stereocenters. The van der Waals surface area contributed by atoms with Crippen molar-refractivity contribution in [1.29, 1.82) is 0 Å². The van der Waals surface area contributed by atoms with Crippen molar-refractivity contribution in [2.75, 3.05) is 16.8 Å². The van der Waals surface area contributed by atoms with Crippen molar-refractivity contribution >= 4 is 46.5 Å². The van der Waals surface area contributed by atoms with Gasteiger partial charge in [-0.3, -0.25) is 9.48 Å². The normalized spacial score (nSPS) is 21.8. The molecule has 0 bridgehead atoms. The van der Waals surface area contributed by atoms with Gasteiger partial charge < -0.3 is 10.2 Å². The Morgan fingerprint density at radius 1 is 1.33 bits per heavy atom. The fourth-order valence-electron chi connectivity index (χ4n) is 4.13. The van der Waals surface area contributed by atoms with E-state index in [4.69, 9.17) is 23.4 Å². The van der Waals surface area contributed by atoms with Gasteiger partial charge in [-0.05, 0) is 61.6 Å². The number of halogens is 2. The number of hydrogen-bond acceptors (Lipinski definition) is 4. The smallest absolute Gasteiger partial charge is 0.230 e. The predicted molar refractivity (Wildman–Crippen MR) is 108 cm³/mol. The van der Waals surface area contributed by atoms with Crippen molar-refractivity contribution in [3.8, 4) is 0 Å². The molecule has 1 aromatic carbocycles. The zero-order chi connectivity index (χ0) is 19.0. The maximum atomic E-state index is 13.4. The number of hydrogen-bond donors (Lipinski definition) is 2. The van der Waals surface area contributed by atoms with E-state index >= 15 is 0 Å². The highest BCUT2D eigenvalue weighted by molar-refractivity contribution is 6.31. The molecule has 1 aromatic heterocycles. The second-order valence-corrected chi connectivity index (χ2v) is 8.11. The summed E-state index contributed by atoms with van der Waals surface area (Å²) in [5, 5.41) is 8.37. The molecule has 27 heavy (non-hydrogen) atoms. The first-order chi connectivity index (χ1) is 13.1. The van der Waals surface area contributed by atoms with Gasteiger partial charge in [0.1, 0.15) is 5.82 Å². The zero-order valence-corrected chi connectivity index (χ0v) is 16.7. The Bertz CT molecular complexity index is 845. The first-order valence-electron chi connectivity index (χ1n) is 9.29. The van der Waals surface area contributed by atoms with Gasteiger partial charge in [-0.15, -0.1) is 0 Å². The van der Waals surface area contributed by atoms with Gasteiger partial charge in [-0.25, -0.2) is 4.84 Å². The molecule has 1 fully saturated rings. The van der Waals surface area contributed by atoms with Crippen molar-refractivity contribution in [2.24, 2.45) is 18.9 Å². The molecule has 2 heterocycles. The minimum atomic E-state index is 0.0401. The van der Waals surface area contributed by atoms with E-state index in [0.29, 0.717) is 17.5 Å². The maximum absolute atomic E-state index is 13.4. The predicted octanol–water partition coefficient (Wildman–Crippen LogP) is 4.21. The van der Waals surface area contributed by atoms with Crippen LogP contribution >= 0.6 is 23.4 Å². The third-order valence-electron chi connectivity index (χ3n) is 5.67. The number of aryl methyl sites for hydroxylation is 1. The highest BCUT2D eigenvalue weighted by Gasteiger charge is 2.33. The van der Waals surface area contributed by atoms with E-state index in [2.05, 4.69) is 15.3 Å². The summed E-state index contributed by atoms with van der Waals surface area (Å²) in [6, 6.07) is 5.62. The van der Waals surface area contributed by atoms with Crippen molar-refractivity contribution in [2.45, 2.75) is 32.2 Å². The number of nitrogens with zero attached hydrogens (tertiary/aromatic N) is 3. The largest absolute Gasteiger partial charge is 0.338 e. The third-order valence-corrected chi connectivity index (χ3v) is 6.06. The fraction of sp³-hybridized carbons (Fsp3) is 0.474. The molecule has 2 N–H and O–H groups in total. The summed E-state index contributed by atoms with van der Waals surface area (Å²) in [4.78, 5) is 18.0. The zero-order valence-electron chi connectivity index (χ0n) is 15.2. The lowest BCUT2D eigenvalue weighted by atomic mass is 9.81. The highest BCUT2D eigenvalue weighted by atomic mass is 35.5. The number of nitrogens with one attached hydrogen (secondary N) is 2. The monoisotopic (exact) mass is 407 g/mol. The quantitative estimate of drug-likeness (QED) is 0.747. The van der Waals surface area contributed by atoms with Crippen molar-refractivity contribution in [3.63, 3.8) is 0 Å². The van der Waals surface area contributed by atoms with E-state index in [-0.39, 0.29) is 11.8 Å². The standard InChI is InChI=1S/C19H23Cl2N5O/c1-25-18-14(10-23-25)11-26(17-7-6-15(20)8-16(17)24-18)19(27)13-4-2-12(3-5-13)9-22-21/h6-8,10,12-13,22,24H,2-5,9,11H2,1H3. The van der Waals surface area contributed by atoms with Crippen LogP contribution in [0.1, 0.15) is 31.2 Å². The average molecular weight is 408 g/mol. The summed E-state index contributed by atoms with van der Waals surface area (Å²) >= 11 is 11.9. The van der Waals surface area contributed by atoms with Gasteiger partial charge in [-0.2, -0.15) is 5.10 Å². The fourth-order valence-corrected chi connectivity index (χ4v) is 4.52. The Kier molecular flexibility index (Phi) is 5.30. The van der Waals surface area contributed by atoms with E-state index in [1.807, 2.05) is 36.3 Å². The Hall–Kier alpha value is -1.76. The number of aromatic nitrogens is 2. The van der Waals surface area contributed by atoms with Crippen LogP contribution in [0.5, 0.6) is 0 Å². The second-order valence-electron chi connectivity index (χ2n) is 7.41. The first kappa shape index (κ1) is 18.6. The van der Waals surface area contributed by atoms with Gasteiger partial charge in [0.25, 0.3) is 0 Å². The number of carbonyl (C=O) groups excluding carboxylic acids is 1. The number of rotatable bonds is 3. The summed E-state index contributed by atoms with van der Waals surface area (Å²) in [5.74, 6) is 1.66. The summed E-state index contributed by atoms with van der Waals surface area (Å²) < 4.78 is 1.79. The molecule has 0 unspecified atom stereocenters. The Balaban J connectivity index is 1.62. The molecule has 2 aromatic rings. The molecule has 2 aliphatic rings. The molecule has 1 saturated carbocycles. The number of fused-ring (bicyclic) bond motifs is 2. The van der Waals surface area contributed by atoms with Crippen molar-refractivity contribution in [1.82, 2.24) is 14.6 Å². The van der Waals surface area contributed by atoms with Crippen LogP contribution in [-0.4, -0.2) is 22.2 Å². The molecular weight excluding hydrogens is 385 g/mol. The van der Waals surface area contributed by atoms with Crippen LogP contribution in [0.25, 0.3) is 0 Å². The molecule has 144 valence electrons. The molecule has 6 nitrogen and oxygen atoms in total. The third kappa shape index (κ3) is 3.66. The van der Waals surface area contributed by atoms with Gasteiger partial charge in [-0.1, -0.05) is 11.6 Å². The minimum absolute atomic E-state index is 0.0401. The molecule has 4 rings (SSSR count). The van der Waals surface area contributed by atoms with E-state index < -0.39 is 0 Å². The van der Waals surface area contributed by atoms with Crippen LogP contribution < -0.4 is 15.1 Å². The van der Waals surface area contributed by atoms with Gasteiger partial charge in [0, 0.05) is 30.1 Å². The summed E-state index contributed by atoms with van der Waals surface area (Å²) in [6.07, 6.45) is 5.66. The summed E-state index contributed by atoms with van der Waals surface area (Å²) in [7, 11) is 1.89. The Morgan fingerprint density at radius 2 is 2.11 bits per heavy atom. The van der Waals surface area contributed by atoms with Crippen molar-refractivity contribution in [3.05, 3.63) is 35.0 Å². The van der Waals surface area contributed by atoms with E-state index in [9.17, 15) is 4.79 Å². The topological polar surface area (TPSA) is 62.2 Å². The lowest BCUT2D eigenvalue weighted by Crippen LogP contribution is -2.37. The Morgan fingerprint density at radius 3 is 2.85 bits per heavy atom. The van der Waals surface area contributed by atoms with Crippen LogP contribution in [0.15, 0.2) is 24.4 Å². The number of carbonyl (C=O) groups is 1. The van der Waals surface area contributed by atoms with Crippen LogP contribution in [-0.2, 0) is 18.4 Å².